The lowest BCUT2D eigenvalue weighted by molar-refractivity contribution is -0.121. The van der Waals surface area contributed by atoms with E-state index >= 15 is 0 Å². The van der Waals surface area contributed by atoms with Crippen molar-refractivity contribution in [2.75, 3.05) is 25.0 Å². The van der Waals surface area contributed by atoms with E-state index in [1.54, 1.807) is 30.2 Å². The number of fused-ring (bicyclic) bond motifs is 1. The Hall–Kier alpha value is -2.87. The molecular weight excluding hydrogens is 371 g/mol. The van der Waals surface area contributed by atoms with Gasteiger partial charge in [0.25, 0.3) is 0 Å². The van der Waals surface area contributed by atoms with Gasteiger partial charge in [-0.25, -0.2) is 9.37 Å². The number of nitrogens with one attached hydrogen (secondary N) is 1. The fourth-order valence-electron chi connectivity index (χ4n) is 3.78. The first-order valence-corrected chi connectivity index (χ1v) is 9.90. The van der Waals surface area contributed by atoms with Crippen LogP contribution in [0.1, 0.15) is 19.8 Å². The Morgan fingerprint density at radius 1 is 1.21 bits per heavy atom. The molecule has 0 bridgehead atoms. The van der Waals surface area contributed by atoms with E-state index in [0.717, 1.165) is 48.0 Å². The number of pyridine rings is 2. The lowest BCUT2D eigenvalue weighted by Crippen LogP contribution is -2.40. The molecule has 1 aliphatic rings. The van der Waals surface area contributed by atoms with Gasteiger partial charge in [-0.15, -0.1) is 0 Å². The highest BCUT2D eigenvalue weighted by Gasteiger charge is 2.25. The van der Waals surface area contributed by atoms with Crippen LogP contribution in [0.5, 0.6) is 0 Å². The van der Waals surface area contributed by atoms with Gasteiger partial charge in [-0.1, -0.05) is 0 Å². The highest BCUT2D eigenvalue weighted by Crippen LogP contribution is 2.24. The number of aromatic nitrogens is 4. The van der Waals surface area contributed by atoms with Crippen LogP contribution in [-0.4, -0.2) is 56.4 Å². The molecule has 1 amide bonds. The Balaban J connectivity index is 1.44. The molecule has 3 aromatic heterocycles. The minimum Gasteiger partial charge on any atom is -0.310 e. The molecule has 1 N–H and O–H groups in total. The lowest BCUT2D eigenvalue weighted by atomic mass is 9.95. The quantitative estimate of drug-likeness (QED) is 0.717. The number of halogens is 1. The van der Waals surface area contributed by atoms with Crippen LogP contribution in [0.25, 0.3) is 22.0 Å². The number of anilines is 1. The molecule has 0 spiro atoms. The van der Waals surface area contributed by atoms with Gasteiger partial charge in [0.2, 0.25) is 5.91 Å². The molecule has 0 saturated carbocycles. The molecule has 4 heterocycles. The van der Waals surface area contributed by atoms with Gasteiger partial charge in [0.1, 0.15) is 12.0 Å². The summed E-state index contributed by atoms with van der Waals surface area (Å²) in [6.07, 6.45) is 7.81. The van der Waals surface area contributed by atoms with Crippen molar-refractivity contribution in [2.45, 2.75) is 25.9 Å². The summed E-state index contributed by atoms with van der Waals surface area (Å²) in [7, 11) is 1.87. The van der Waals surface area contributed by atoms with Crippen LogP contribution in [0.2, 0.25) is 0 Å². The summed E-state index contributed by atoms with van der Waals surface area (Å²) in [5.74, 6) is 0.444. The largest absolute Gasteiger partial charge is 0.310 e. The molecule has 7 nitrogen and oxygen atoms in total. The van der Waals surface area contributed by atoms with Crippen LogP contribution in [0.15, 0.2) is 36.9 Å². The molecule has 4 rings (SSSR count). The number of amides is 1. The van der Waals surface area contributed by atoms with Crippen molar-refractivity contribution in [1.29, 1.82) is 0 Å². The van der Waals surface area contributed by atoms with Crippen LogP contribution in [-0.2, 0) is 11.8 Å². The Morgan fingerprint density at radius 3 is 2.66 bits per heavy atom. The van der Waals surface area contributed by atoms with E-state index in [1.165, 1.54) is 0 Å². The fraction of sp³-hybridized carbons (Fsp3) is 0.429. The second kappa shape index (κ2) is 8.24. The van der Waals surface area contributed by atoms with Crippen molar-refractivity contribution in [3.8, 4) is 11.3 Å². The molecule has 152 valence electrons. The van der Waals surface area contributed by atoms with Crippen molar-refractivity contribution >= 4 is 22.5 Å². The third kappa shape index (κ3) is 4.59. The van der Waals surface area contributed by atoms with Crippen LogP contribution >= 0.6 is 0 Å². The second-order valence-electron chi connectivity index (χ2n) is 7.73. The molecule has 0 aliphatic carbocycles. The summed E-state index contributed by atoms with van der Waals surface area (Å²) in [4.78, 5) is 23.6. The number of carbonyl (C=O) groups is 1. The Bertz CT molecular complexity index is 1010. The van der Waals surface area contributed by atoms with Gasteiger partial charge >= 0.3 is 0 Å². The van der Waals surface area contributed by atoms with Crippen LogP contribution in [0.4, 0.5) is 10.2 Å². The van der Waals surface area contributed by atoms with Gasteiger partial charge < -0.3 is 10.2 Å². The predicted octanol–water partition coefficient (Wildman–Crippen LogP) is 3.04. The number of rotatable bonds is 5. The van der Waals surface area contributed by atoms with Crippen molar-refractivity contribution in [2.24, 2.45) is 13.0 Å². The minimum atomic E-state index is -0.840. The van der Waals surface area contributed by atoms with Gasteiger partial charge in [-0.3, -0.25) is 14.5 Å². The van der Waals surface area contributed by atoms with E-state index in [0.29, 0.717) is 12.4 Å². The maximum absolute atomic E-state index is 13.2. The average molecular weight is 396 g/mol. The summed E-state index contributed by atoms with van der Waals surface area (Å²) in [5.41, 5.74) is 1.76. The van der Waals surface area contributed by atoms with Gasteiger partial charge in [-0.2, -0.15) is 5.10 Å². The number of aryl methyl sites for hydroxylation is 1. The molecule has 1 aliphatic heterocycles. The number of hydrogen-bond donors (Lipinski definition) is 1. The molecule has 3 aromatic rings. The summed E-state index contributed by atoms with van der Waals surface area (Å²) >= 11 is 0. The number of nitrogens with zero attached hydrogens (tertiary/aromatic N) is 5. The molecule has 0 aromatic carbocycles. The molecular formula is C21H25FN6O. The number of hydrogen-bond acceptors (Lipinski definition) is 5. The zero-order valence-corrected chi connectivity index (χ0v) is 16.7. The molecule has 8 heteroatoms. The summed E-state index contributed by atoms with van der Waals surface area (Å²) in [5, 5.41) is 8.99. The van der Waals surface area contributed by atoms with E-state index in [1.807, 2.05) is 25.4 Å². The van der Waals surface area contributed by atoms with Crippen molar-refractivity contribution in [3.63, 3.8) is 0 Å². The van der Waals surface area contributed by atoms with Gasteiger partial charge in [-0.05, 0) is 50.4 Å². The van der Waals surface area contributed by atoms with Crippen LogP contribution in [0, 0.1) is 5.92 Å². The number of carbonyl (C=O) groups excluding carboxylic acids is 1. The van der Waals surface area contributed by atoms with E-state index < -0.39 is 6.17 Å². The van der Waals surface area contributed by atoms with Crippen molar-refractivity contribution < 1.29 is 9.18 Å². The van der Waals surface area contributed by atoms with Crippen molar-refractivity contribution in [3.05, 3.63) is 36.9 Å². The van der Waals surface area contributed by atoms with E-state index in [2.05, 4.69) is 25.3 Å². The third-order valence-electron chi connectivity index (χ3n) is 5.32. The molecule has 29 heavy (non-hydrogen) atoms. The second-order valence-corrected chi connectivity index (χ2v) is 7.73. The van der Waals surface area contributed by atoms with Gasteiger partial charge in [0.05, 0.1) is 11.9 Å². The van der Waals surface area contributed by atoms with Crippen molar-refractivity contribution in [1.82, 2.24) is 24.6 Å². The summed E-state index contributed by atoms with van der Waals surface area (Å²) < 4.78 is 14.9. The van der Waals surface area contributed by atoms with Crippen LogP contribution < -0.4 is 5.32 Å². The monoisotopic (exact) mass is 396 g/mol. The number of alkyl halides is 1. The normalized spacial score (nSPS) is 16.8. The molecule has 1 saturated heterocycles. The van der Waals surface area contributed by atoms with E-state index in [4.69, 9.17) is 0 Å². The maximum Gasteiger partial charge on any atom is 0.228 e. The SMILES string of the molecule is CC(F)CN1CCC(C(=O)Nc2cc3cc(-c4cnn(C)c4)ncc3cn2)CC1. The first-order chi connectivity index (χ1) is 14.0. The summed E-state index contributed by atoms with van der Waals surface area (Å²) in [6, 6.07) is 3.84. The standard InChI is InChI=1S/C21H25FN6O/c1-14(22)12-28-5-3-15(4-6-28)21(29)26-20-8-16-7-19(18-11-25-27(2)13-18)23-9-17(16)10-24-20/h7-11,13-15H,3-6,12H2,1-2H3,(H,24,26,29). The highest BCUT2D eigenvalue weighted by atomic mass is 19.1. The number of piperidine rings is 1. The highest BCUT2D eigenvalue weighted by molar-refractivity contribution is 5.94. The zero-order valence-electron chi connectivity index (χ0n) is 16.7. The Kier molecular flexibility index (Phi) is 5.53. The summed E-state index contributed by atoms with van der Waals surface area (Å²) in [6.45, 7) is 3.50. The third-order valence-corrected chi connectivity index (χ3v) is 5.32. The Morgan fingerprint density at radius 2 is 1.97 bits per heavy atom. The minimum absolute atomic E-state index is 0.0219. The fourth-order valence-corrected chi connectivity index (χ4v) is 3.78. The lowest BCUT2D eigenvalue weighted by Gasteiger charge is -2.31. The van der Waals surface area contributed by atoms with Gasteiger partial charge in [0.15, 0.2) is 0 Å². The zero-order chi connectivity index (χ0) is 20.4. The smallest absolute Gasteiger partial charge is 0.228 e. The molecule has 1 atom stereocenters. The molecule has 0 radical (unpaired) electrons. The van der Waals surface area contributed by atoms with Crippen LogP contribution in [0.3, 0.4) is 0 Å². The Labute approximate surface area is 168 Å². The first kappa shape index (κ1) is 19.4. The molecule has 1 unspecified atom stereocenters. The van der Waals surface area contributed by atoms with E-state index in [-0.39, 0.29) is 11.8 Å². The van der Waals surface area contributed by atoms with E-state index in [9.17, 15) is 9.18 Å². The average Bonchev–Trinajstić information content (AvgIpc) is 3.14. The molecule has 1 fully saturated rings. The number of likely N-dealkylation sites (tertiary alicyclic amines) is 1. The maximum atomic E-state index is 13.2. The topological polar surface area (TPSA) is 75.9 Å². The van der Waals surface area contributed by atoms with Gasteiger partial charge in [0, 0.05) is 49.1 Å². The predicted molar refractivity (Wildman–Crippen MR) is 110 cm³/mol. The first-order valence-electron chi connectivity index (χ1n) is 9.90.